The zero-order chi connectivity index (χ0) is 12.8. The van der Waals surface area contributed by atoms with Crippen molar-refractivity contribution in [1.29, 1.82) is 0 Å². The van der Waals surface area contributed by atoms with Crippen molar-refractivity contribution in [3.8, 4) is 5.75 Å². The maximum absolute atomic E-state index is 11.6. The summed E-state index contributed by atoms with van der Waals surface area (Å²) in [6.45, 7) is 5.32. The summed E-state index contributed by atoms with van der Waals surface area (Å²) in [4.78, 5) is 11.6. The van der Waals surface area contributed by atoms with E-state index in [1.807, 2.05) is 31.2 Å². The molecule has 4 nitrogen and oxygen atoms in total. The van der Waals surface area contributed by atoms with Gasteiger partial charge in [-0.3, -0.25) is 4.79 Å². The number of aliphatic hydroxyl groups excluding tert-OH is 1. The van der Waals surface area contributed by atoms with E-state index in [4.69, 9.17) is 9.84 Å². The standard InChI is InChI=1S/C13H19NO3/c1-9-4-6-12(7-5-9)17-11(3)13(16)14-10(2)8-15/h4-7,10-11,15H,8H2,1-3H3,(H,14,16)/t10-,11?/m1/s1. The summed E-state index contributed by atoms with van der Waals surface area (Å²) in [6, 6.07) is 7.25. The Kier molecular flexibility index (Phi) is 4.97. The molecule has 0 saturated carbocycles. The number of rotatable bonds is 5. The predicted molar refractivity (Wildman–Crippen MR) is 66.0 cm³/mol. The number of hydrogen-bond acceptors (Lipinski definition) is 3. The average molecular weight is 237 g/mol. The first-order chi connectivity index (χ1) is 8.02. The Hall–Kier alpha value is -1.55. The topological polar surface area (TPSA) is 58.6 Å². The Morgan fingerprint density at radius 2 is 1.94 bits per heavy atom. The molecule has 0 heterocycles. The van der Waals surface area contributed by atoms with Crippen LogP contribution >= 0.6 is 0 Å². The normalized spacial score (nSPS) is 13.9. The molecule has 0 bridgehead atoms. The number of carbonyl (C=O) groups excluding carboxylic acids is 1. The molecule has 0 aliphatic heterocycles. The molecule has 1 amide bonds. The van der Waals surface area contributed by atoms with Crippen LogP contribution in [0.4, 0.5) is 0 Å². The van der Waals surface area contributed by atoms with Crippen molar-refractivity contribution < 1.29 is 14.6 Å². The molecule has 0 radical (unpaired) electrons. The second kappa shape index (κ2) is 6.25. The zero-order valence-electron chi connectivity index (χ0n) is 10.4. The first-order valence-corrected chi connectivity index (χ1v) is 5.67. The maximum atomic E-state index is 11.6. The fourth-order valence-electron chi connectivity index (χ4n) is 1.28. The maximum Gasteiger partial charge on any atom is 0.261 e. The Balaban J connectivity index is 2.51. The van der Waals surface area contributed by atoms with Crippen LogP contribution in [0.15, 0.2) is 24.3 Å². The van der Waals surface area contributed by atoms with Crippen molar-refractivity contribution in [3.63, 3.8) is 0 Å². The molecule has 0 saturated heterocycles. The highest BCUT2D eigenvalue weighted by atomic mass is 16.5. The van der Waals surface area contributed by atoms with Crippen LogP contribution in [0.3, 0.4) is 0 Å². The van der Waals surface area contributed by atoms with E-state index in [0.717, 1.165) is 5.56 Å². The molecule has 2 atom stereocenters. The number of benzene rings is 1. The van der Waals surface area contributed by atoms with Crippen LogP contribution in [0.25, 0.3) is 0 Å². The molecular formula is C13H19NO3. The molecule has 17 heavy (non-hydrogen) atoms. The third kappa shape index (κ3) is 4.44. The van der Waals surface area contributed by atoms with Gasteiger partial charge in [0.05, 0.1) is 6.61 Å². The van der Waals surface area contributed by atoms with Gasteiger partial charge in [0, 0.05) is 6.04 Å². The lowest BCUT2D eigenvalue weighted by Gasteiger charge is -2.17. The van der Waals surface area contributed by atoms with E-state index < -0.39 is 6.10 Å². The lowest BCUT2D eigenvalue weighted by atomic mass is 10.2. The monoisotopic (exact) mass is 237 g/mol. The van der Waals surface area contributed by atoms with E-state index in [2.05, 4.69) is 5.32 Å². The highest BCUT2D eigenvalue weighted by Gasteiger charge is 2.16. The fraction of sp³-hybridized carbons (Fsp3) is 0.462. The third-order valence-corrected chi connectivity index (χ3v) is 2.37. The molecule has 94 valence electrons. The van der Waals surface area contributed by atoms with Crippen LogP contribution in [0, 0.1) is 6.92 Å². The predicted octanol–water partition coefficient (Wildman–Crippen LogP) is 1.26. The molecule has 1 rings (SSSR count). The lowest BCUT2D eigenvalue weighted by molar-refractivity contribution is -0.128. The molecule has 0 fully saturated rings. The van der Waals surface area contributed by atoms with Gasteiger partial charge in [-0.05, 0) is 32.9 Å². The number of nitrogens with one attached hydrogen (secondary N) is 1. The second-order valence-corrected chi connectivity index (χ2v) is 4.17. The molecule has 1 unspecified atom stereocenters. The summed E-state index contributed by atoms with van der Waals surface area (Å²) in [5.41, 5.74) is 1.14. The Morgan fingerprint density at radius 1 is 1.35 bits per heavy atom. The van der Waals surface area contributed by atoms with E-state index in [1.54, 1.807) is 13.8 Å². The zero-order valence-corrected chi connectivity index (χ0v) is 10.4. The highest BCUT2D eigenvalue weighted by molar-refractivity contribution is 5.80. The summed E-state index contributed by atoms with van der Waals surface area (Å²) in [5, 5.41) is 11.5. The number of aryl methyl sites for hydroxylation is 1. The van der Waals surface area contributed by atoms with Gasteiger partial charge in [-0.1, -0.05) is 17.7 Å². The van der Waals surface area contributed by atoms with Crippen LogP contribution in [-0.2, 0) is 4.79 Å². The Morgan fingerprint density at radius 3 is 2.47 bits per heavy atom. The summed E-state index contributed by atoms with van der Waals surface area (Å²) in [6.07, 6.45) is -0.577. The smallest absolute Gasteiger partial charge is 0.261 e. The van der Waals surface area contributed by atoms with E-state index in [9.17, 15) is 4.79 Å². The van der Waals surface area contributed by atoms with Gasteiger partial charge in [0.15, 0.2) is 6.10 Å². The molecule has 1 aromatic rings. The summed E-state index contributed by atoms with van der Waals surface area (Å²) < 4.78 is 5.48. The molecule has 4 heteroatoms. The minimum atomic E-state index is -0.577. The van der Waals surface area contributed by atoms with E-state index in [0.29, 0.717) is 5.75 Å². The second-order valence-electron chi connectivity index (χ2n) is 4.17. The van der Waals surface area contributed by atoms with Gasteiger partial charge in [-0.25, -0.2) is 0 Å². The van der Waals surface area contributed by atoms with E-state index in [-0.39, 0.29) is 18.6 Å². The van der Waals surface area contributed by atoms with Crippen LogP contribution in [0.1, 0.15) is 19.4 Å². The van der Waals surface area contributed by atoms with Crippen LogP contribution in [0.2, 0.25) is 0 Å². The van der Waals surface area contributed by atoms with E-state index >= 15 is 0 Å². The van der Waals surface area contributed by atoms with Crippen molar-refractivity contribution in [3.05, 3.63) is 29.8 Å². The summed E-state index contributed by atoms with van der Waals surface area (Å²) in [7, 11) is 0. The average Bonchev–Trinajstić information content (AvgIpc) is 2.31. The van der Waals surface area contributed by atoms with Gasteiger partial charge < -0.3 is 15.2 Å². The summed E-state index contributed by atoms with van der Waals surface area (Å²) in [5.74, 6) is 0.432. The van der Waals surface area contributed by atoms with Crippen molar-refractivity contribution in [1.82, 2.24) is 5.32 Å². The molecular weight excluding hydrogens is 218 g/mol. The largest absolute Gasteiger partial charge is 0.481 e. The fourth-order valence-corrected chi connectivity index (χ4v) is 1.28. The van der Waals surface area contributed by atoms with Crippen molar-refractivity contribution in [2.24, 2.45) is 0 Å². The Labute approximate surface area is 102 Å². The first kappa shape index (κ1) is 13.5. The molecule has 0 aromatic heterocycles. The van der Waals surface area contributed by atoms with E-state index in [1.165, 1.54) is 0 Å². The number of ether oxygens (including phenoxy) is 1. The molecule has 0 aliphatic rings. The van der Waals surface area contributed by atoms with Crippen molar-refractivity contribution in [2.45, 2.75) is 32.9 Å². The van der Waals surface area contributed by atoms with Gasteiger partial charge in [0.25, 0.3) is 5.91 Å². The summed E-state index contributed by atoms with van der Waals surface area (Å²) >= 11 is 0. The van der Waals surface area contributed by atoms with Gasteiger partial charge in [-0.2, -0.15) is 0 Å². The SMILES string of the molecule is Cc1ccc(OC(C)C(=O)N[C@H](C)CO)cc1. The number of amides is 1. The highest BCUT2D eigenvalue weighted by Crippen LogP contribution is 2.13. The lowest BCUT2D eigenvalue weighted by Crippen LogP contribution is -2.42. The molecule has 0 spiro atoms. The minimum Gasteiger partial charge on any atom is -0.481 e. The minimum absolute atomic E-state index is 0.0804. The quantitative estimate of drug-likeness (QED) is 0.810. The first-order valence-electron chi connectivity index (χ1n) is 5.67. The van der Waals surface area contributed by atoms with Crippen LogP contribution in [0.5, 0.6) is 5.75 Å². The number of carbonyl (C=O) groups is 1. The van der Waals surface area contributed by atoms with Gasteiger partial charge in [0.1, 0.15) is 5.75 Å². The number of aliphatic hydroxyl groups is 1. The Bertz CT molecular complexity index is 361. The van der Waals surface area contributed by atoms with Gasteiger partial charge in [-0.15, -0.1) is 0 Å². The van der Waals surface area contributed by atoms with Crippen molar-refractivity contribution in [2.75, 3.05) is 6.61 Å². The molecule has 1 aromatic carbocycles. The number of hydrogen-bond donors (Lipinski definition) is 2. The van der Waals surface area contributed by atoms with Crippen LogP contribution in [-0.4, -0.2) is 29.8 Å². The van der Waals surface area contributed by atoms with Crippen LogP contribution < -0.4 is 10.1 Å². The third-order valence-electron chi connectivity index (χ3n) is 2.37. The van der Waals surface area contributed by atoms with Gasteiger partial charge in [0.2, 0.25) is 0 Å². The molecule has 0 aliphatic carbocycles. The van der Waals surface area contributed by atoms with Crippen molar-refractivity contribution >= 4 is 5.91 Å². The van der Waals surface area contributed by atoms with Gasteiger partial charge >= 0.3 is 0 Å². The molecule has 2 N–H and O–H groups in total.